The van der Waals surface area contributed by atoms with Crippen molar-refractivity contribution < 1.29 is 14.4 Å². The van der Waals surface area contributed by atoms with Crippen LogP contribution in [0.2, 0.25) is 0 Å². The van der Waals surface area contributed by atoms with Gasteiger partial charge in [-0.05, 0) is 57.2 Å². The number of hydrogen-bond donors (Lipinski definition) is 2. The molecule has 4 amide bonds. The second-order valence-electron chi connectivity index (χ2n) is 7.65. The Balaban J connectivity index is 1.54. The first kappa shape index (κ1) is 19.9. The maximum absolute atomic E-state index is 12.8. The lowest BCUT2D eigenvalue weighted by Crippen LogP contribution is -2.51. The second-order valence-corrected chi connectivity index (χ2v) is 8.56. The van der Waals surface area contributed by atoms with E-state index in [-0.39, 0.29) is 17.9 Å². The molecule has 0 unspecified atom stereocenters. The second kappa shape index (κ2) is 8.00. The van der Waals surface area contributed by atoms with E-state index in [9.17, 15) is 14.4 Å². The fourth-order valence-electron chi connectivity index (χ4n) is 3.90. The Kier molecular flexibility index (Phi) is 5.89. The number of halogens is 1. The van der Waals surface area contributed by atoms with Gasteiger partial charge in [0.15, 0.2) is 0 Å². The van der Waals surface area contributed by atoms with E-state index in [1.54, 1.807) is 6.92 Å². The van der Waals surface area contributed by atoms with Crippen LogP contribution in [0.15, 0.2) is 28.7 Å². The van der Waals surface area contributed by atoms with E-state index in [0.717, 1.165) is 35.1 Å². The average Bonchev–Trinajstić information content (AvgIpc) is 3.19. The topological polar surface area (TPSA) is 78.5 Å². The molecule has 27 heavy (non-hydrogen) atoms. The molecule has 0 aromatic heterocycles. The number of carbonyl (C=O) groups is 3. The van der Waals surface area contributed by atoms with Crippen LogP contribution in [0.25, 0.3) is 0 Å². The van der Waals surface area contributed by atoms with E-state index in [0.29, 0.717) is 12.8 Å². The van der Waals surface area contributed by atoms with Crippen molar-refractivity contribution in [1.82, 2.24) is 15.5 Å². The van der Waals surface area contributed by atoms with Crippen molar-refractivity contribution in [3.05, 3.63) is 34.3 Å². The third kappa shape index (κ3) is 4.18. The molecule has 0 radical (unpaired) electrons. The van der Waals surface area contributed by atoms with Gasteiger partial charge in [0.25, 0.3) is 5.91 Å². The fraction of sp³-hybridized carbons (Fsp3) is 0.550. The van der Waals surface area contributed by atoms with E-state index < -0.39 is 17.6 Å². The molecule has 1 aliphatic carbocycles. The zero-order chi connectivity index (χ0) is 19.6. The van der Waals surface area contributed by atoms with E-state index in [2.05, 4.69) is 38.7 Å². The van der Waals surface area contributed by atoms with Crippen LogP contribution in [0.3, 0.4) is 0 Å². The predicted octanol–water partition coefficient (Wildman–Crippen LogP) is 3.14. The first-order valence-electron chi connectivity index (χ1n) is 9.53. The van der Waals surface area contributed by atoms with Gasteiger partial charge in [-0.1, -0.05) is 40.9 Å². The molecule has 7 heteroatoms. The van der Waals surface area contributed by atoms with Gasteiger partial charge in [0, 0.05) is 10.5 Å². The highest BCUT2D eigenvalue weighted by molar-refractivity contribution is 9.10. The molecule has 1 saturated heterocycles. The highest BCUT2D eigenvalue weighted by Crippen LogP contribution is 2.35. The minimum Gasteiger partial charge on any atom is -0.352 e. The van der Waals surface area contributed by atoms with E-state index in [1.807, 2.05) is 19.1 Å². The Hall–Kier alpha value is -1.89. The first-order valence-corrected chi connectivity index (χ1v) is 10.3. The highest BCUT2D eigenvalue weighted by atomic mass is 79.9. The van der Waals surface area contributed by atoms with Gasteiger partial charge >= 0.3 is 6.03 Å². The lowest BCUT2D eigenvalue weighted by molar-refractivity contribution is -0.138. The van der Waals surface area contributed by atoms with Gasteiger partial charge in [-0.2, -0.15) is 0 Å². The van der Waals surface area contributed by atoms with Crippen LogP contribution < -0.4 is 10.6 Å². The number of carbonyl (C=O) groups excluding carboxylic acids is 3. The predicted molar refractivity (Wildman–Crippen MR) is 106 cm³/mol. The molecule has 1 spiro atoms. The van der Waals surface area contributed by atoms with Crippen LogP contribution in [0.4, 0.5) is 4.79 Å². The number of benzene rings is 1. The molecule has 6 nitrogen and oxygen atoms in total. The standard InChI is InChI=1S/C20H26BrN3O3/c1-13(5-6-15-7-9-16(21)10-8-15)22-17(25)14(2)24-18(26)20(23-19(24)27)11-3-4-12-20/h7-10,13-14H,3-6,11-12H2,1-2H3,(H,22,25)(H,23,27)/t13-,14-/m0/s1. The van der Waals surface area contributed by atoms with Crippen molar-refractivity contribution in [1.29, 1.82) is 0 Å². The zero-order valence-electron chi connectivity index (χ0n) is 15.8. The summed E-state index contributed by atoms with van der Waals surface area (Å²) in [5.41, 5.74) is 0.420. The maximum Gasteiger partial charge on any atom is 0.325 e. The Morgan fingerprint density at radius 3 is 2.48 bits per heavy atom. The van der Waals surface area contributed by atoms with Crippen molar-refractivity contribution >= 4 is 33.8 Å². The number of amides is 4. The van der Waals surface area contributed by atoms with Crippen LogP contribution in [-0.4, -0.2) is 40.4 Å². The van der Waals surface area contributed by atoms with Crippen LogP contribution in [0.5, 0.6) is 0 Å². The number of rotatable bonds is 6. The summed E-state index contributed by atoms with van der Waals surface area (Å²) < 4.78 is 1.04. The molecule has 2 aliphatic rings. The monoisotopic (exact) mass is 435 g/mol. The highest BCUT2D eigenvalue weighted by Gasteiger charge is 2.54. The van der Waals surface area contributed by atoms with Gasteiger partial charge in [0.2, 0.25) is 5.91 Å². The number of urea groups is 1. The average molecular weight is 436 g/mol. The molecular weight excluding hydrogens is 410 g/mol. The normalized spacial score (nSPS) is 20.6. The van der Waals surface area contributed by atoms with Crippen LogP contribution in [-0.2, 0) is 16.0 Å². The largest absolute Gasteiger partial charge is 0.352 e. The van der Waals surface area contributed by atoms with Gasteiger partial charge < -0.3 is 10.6 Å². The minimum absolute atomic E-state index is 0.0511. The molecule has 2 atom stereocenters. The Morgan fingerprint density at radius 2 is 1.85 bits per heavy atom. The molecule has 3 rings (SSSR count). The number of aryl methyl sites for hydroxylation is 1. The quantitative estimate of drug-likeness (QED) is 0.673. The fourth-order valence-corrected chi connectivity index (χ4v) is 4.16. The third-order valence-corrected chi connectivity index (χ3v) is 6.11. The van der Waals surface area contributed by atoms with Gasteiger partial charge in [-0.25, -0.2) is 9.69 Å². The van der Waals surface area contributed by atoms with Crippen molar-refractivity contribution in [2.24, 2.45) is 0 Å². The summed E-state index contributed by atoms with van der Waals surface area (Å²) in [6.45, 7) is 3.55. The summed E-state index contributed by atoms with van der Waals surface area (Å²) in [7, 11) is 0. The van der Waals surface area contributed by atoms with Gasteiger partial charge in [-0.15, -0.1) is 0 Å². The molecule has 2 fully saturated rings. The van der Waals surface area contributed by atoms with Gasteiger partial charge in [-0.3, -0.25) is 9.59 Å². The van der Waals surface area contributed by atoms with E-state index in [4.69, 9.17) is 0 Å². The molecular formula is C20H26BrN3O3. The van der Waals surface area contributed by atoms with Crippen molar-refractivity contribution in [2.75, 3.05) is 0 Å². The zero-order valence-corrected chi connectivity index (χ0v) is 17.3. The molecule has 1 aromatic carbocycles. The van der Waals surface area contributed by atoms with E-state index in [1.165, 1.54) is 5.56 Å². The summed E-state index contributed by atoms with van der Waals surface area (Å²) in [4.78, 5) is 38.8. The Bertz CT molecular complexity index is 728. The molecule has 0 bridgehead atoms. The first-order chi connectivity index (χ1) is 12.8. The third-order valence-electron chi connectivity index (χ3n) is 5.58. The number of hydrogen-bond acceptors (Lipinski definition) is 3. The summed E-state index contributed by atoms with van der Waals surface area (Å²) in [6.07, 6.45) is 4.79. The molecule has 1 heterocycles. The molecule has 2 N–H and O–H groups in total. The minimum atomic E-state index is -0.812. The molecule has 1 aliphatic heterocycles. The lowest BCUT2D eigenvalue weighted by Gasteiger charge is -2.25. The number of imide groups is 1. The smallest absolute Gasteiger partial charge is 0.325 e. The lowest BCUT2D eigenvalue weighted by atomic mass is 9.97. The maximum atomic E-state index is 12.8. The van der Waals surface area contributed by atoms with E-state index >= 15 is 0 Å². The van der Waals surface area contributed by atoms with Crippen molar-refractivity contribution in [3.63, 3.8) is 0 Å². The SMILES string of the molecule is C[C@@H](CCc1ccc(Br)cc1)NC(=O)[C@H](C)N1C(=O)NC2(CCCC2)C1=O. The molecule has 1 aromatic rings. The summed E-state index contributed by atoms with van der Waals surface area (Å²) in [5, 5.41) is 5.76. The van der Waals surface area contributed by atoms with Crippen LogP contribution >= 0.6 is 15.9 Å². The summed E-state index contributed by atoms with van der Waals surface area (Å²) >= 11 is 3.42. The van der Waals surface area contributed by atoms with Gasteiger partial charge in [0.1, 0.15) is 11.6 Å². The van der Waals surface area contributed by atoms with Crippen molar-refractivity contribution in [2.45, 2.75) is 70.0 Å². The number of nitrogens with one attached hydrogen (secondary N) is 2. The van der Waals surface area contributed by atoms with Gasteiger partial charge in [0.05, 0.1) is 0 Å². The molecule has 1 saturated carbocycles. The molecule has 146 valence electrons. The van der Waals surface area contributed by atoms with Crippen LogP contribution in [0.1, 0.15) is 51.5 Å². The van der Waals surface area contributed by atoms with Crippen LogP contribution in [0, 0.1) is 0 Å². The summed E-state index contributed by atoms with van der Waals surface area (Å²) in [6, 6.07) is 6.78. The van der Waals surface area contributed by atoms with Crippen molar-refractivity contribution in [3.8, 4) is 0 Å². The Morgan fingerprint density at radius 1 is 1.22 bits per heavy atom. The summed E-state index contributed by atoms with van der Waals surface area (Å²) in [5.74, 6) is -0.549. The number of nitrogens with zero attached hydrogens (tertiary/aromatic N) is 1. The Labute approximate surface area is 168 Å².